The lowest BCUT2D eigenvalue weighted by Gasteiger charge is -2.23. The first kappa shape index (κ1) is 24.3. The Kier molecular flexibility index (Phi) is 6.78. The third-order valence-corrected chi connectivity index (χ3v) is 6.45. The van der Waals surface area contributed by atoms with E-state index in [1.165, 1.54) is 0 Å². The van der Waals surface area contributed by atoms with Crippen molar-refractivity contribution in [3.05, 3.63) is 88.4 Å². The molecule has 2 heterocycles. The van der Waals surface area contributed by atoms with Gasteiger partial charge in [-0.1, -0.05) is 49.3 Å². The van der Waals surface area contributed by atoms with Crippen molar-refractivity contribution in [2.75, 3.05) is 18.6 Å². The molecule has 0 atom stereocenters. The van der Waals surface area contributed by atoms with Gasteiger partial charge in [0, 0.05) is 29.9 Å². The fraction of sp³-hybridized carbons (Fsp3) is 0.321. The van der Waals surface area contributed by atoms with Gasteiger partial charge in [-0.25, -0.2) is 0 Å². The zero-order chi connectivity index (χ0) is 25.2. The molecule has 7 heteroatoms. The second kappa shape index (κ2) is 9.78. The van der Waals surface area contributed by atoms with Crippen molar-refractivity contribution in [2.45, 2.75) is 46.1 Å². The van der Waals surface area contributed by atoms with Crippen molar-refractivity contribution >= 4 is 17.4 Å². The first-order valence-electron chi connectivity index (χ1n) is 11.5. The number of fused-ring (bicyclic) bond motifs is 1. The van der Waals surface area contributed by atoms with Crippen LogP contribution in [0.4, 0.5) is 5.69 Å². The zero-order valence-electron chi connectivity index (χ0n) is 20.8. The van der Waals surface area contributed by atoms with Gasteiger partial charge in [0.25, 0.3) is 0 Å². The average Bonchev–Trinajstić information content (AvgIpc) is 3.25. The number of hydrogen-bond acceptors (Lipinski definition) is 7. The number of esters is 1. The van der Waals surface area contributed by atoms with Crippen LogP contribution in [0.15, 0.2) is 64.8 Å². The van der Waals surface area contributed by atoms with Gasteiger partial charge in [0.05, 0.1) is 17.7 Å². The Balaban J connectivity index is 1.29. The number of nitrogens with zero attached hydrogens (tertiary/aromatic N) is 2. The van der Waals surface area contributed by atoms with Gasteiger partial charge in [0.2, 0.25) is 0 Å². The highest BCUT2D eigenvalue weighted by molar-refractivity contribution is 5.94. The number of anilines is 1. The normalized spacial score (nSPS) is 15.2. The number of carbonyl (C=O) groups excluding carboxylic acids is 2. The van der Waals surface area contributed by atoms with Gasteiger partial charge < -0.3 is 18.9 Å². The van der Waals surface area contributed by atoms with Crippen molar-refractivity contribution in [3.63, 3.8) is 0 Å². The third-order valence-electron chi connectivity index (χ3n) is 6.45. The number of aromatic nitrogens is 1. The SMILES string of the molecule is Cc1noc(C)c1COc1ccc(CC(=O)OCC(=O)/C=C2/N(C)c3ccccc3C2(C)C)cc1. The number of rotatable bonds is 8. The Morgan fingerprint density at radius 1 is 1.09 bits per heavy atom. The number of carbonyl (C=O) groups is 2. The molecular weight excluding hydrogens is 444 g/mol. The summed E-state index contributed by atoms with van der Waals surface area (Å²) in [4.78, 5) is 26.9. The average molecular weight is 475 g/mol. The first-order valence-corrected chi connectivity index (χ1v) is 11.5. The van der Waals surface area contributed by atoms with Crippen LogP contribution in [-0.4, -0.2) is 30.6 Å². The van der Waals surface area contributed by atoms with Gasteiger partial charge in [-0.2, -0.15) is 0 Å². The Morgan fingerprint density at radius 3 is 2.46 bits per heavy atom. The van der Waals surface area contributed by atoms with E-state index in [-0.39, 0.29) is 24.2 Å². The summed E-state index contributed by atoms with van der Waals surface area (Å²) in [7, 11) is 1.94. The van der Waals surface area contributed by atoms with Crippen LogP contribution in [0.1, 0.15) is 42.0 Å². The van der Waals surface area contributed by atoms with Crippen molar-refractivity contribution in [1.82, 2.24) is 5.16 Å². The summed E-state index contributed by atoms with van der Waals surface area (Å²) in [6, 6.07) is 15.3. The molecule has 182 valence electrons. The second-order valence-electron chi connectivity index (χ2n) is 9.27. The van der Waals surface area contributed by atoms with Crippen molar-refractivity contribution in [1.29, 1.82) is 0 Å². The number of ether oxygens (including phenoxy) is 2. The summed E-state index contributed by atoms with van der Waals surface area (Å²) in [5.74, 6) is 0.709. The molecule has 4 rings (SSSR count). The molecule has 7 nitrogen and oxygen atoms in total. The Hall–Kier alpha value is -3.87. The highest BCUT2D eigenvalue weighted by atomic mass is 16.5. The molecule has 0 saturated heterocycles. The molecule has 3 aromatic rings. The predicted molar refractivity (Wildman–Crippen MR) is 132 cm³/mol. The highest BCUT2D eigenvalue weighted by Gasteiger charge is 2.38. The molecule has 0 radical (unpaired) electrons. The molecule has 1 aliphatic heterocycles. The lowest BCUT2D eigenvalue weighted by molar-refractivity contribution is -0.146. The summed E-state index contributed by atoms with van der Waals surface area (Å²) >= 11 is 0. The van der Waals surface area contributed by atoms with Crippen molar-refractivity contribution < 1.29 is 23.6 Å². The van der Waals surface area contributed by atoms with Gasteiger partial charge in [-0.15, -0.1) is 0 Å². The number of likely N-dealkylation sites (N-methyl/N-ethyl adjacent to an activating group) is 1. The monoisotopic (exact) mass is 474 g/mol. The van der Waals surface area contributed by atoms with E-state index in [2.05, 4.69) is 25.1 Å². The maximum Gasteiger partial charge on any atom is 0.310 e. The Morgan fingerprint density at radius 2 is 1.80 bits per heavy atom. The van der Waals surface area contributed by atoms with Gasteiger partial charge in [-0.05, 0) is 43.2 Å². The van der Waals surface area contributed by atoms with Crippen LogP contribution in [0.2, 0.25) is 0 Å². The molecule has 0 aliphatic carbocycles. The highest BCUT2D eigenvalue weighted by Crippen LogP contribution is 2.46. The molecule has 1 aromatic heterocycles. The summed E-state index contributed by atoms with van der Waals surface area (Å²) < 4.78 is 16.2. The van der Waals surface area contributed by atoms with E-state index in [0.717, 1.165) is 39.5 Å². The topological polar surface area (TPSA) is 81.9 Å². The standard InChI is InChI=1S/C28H30N2O5/c1-18-23(19(2)35-29-18)17-33-22-12-10-20(11-13-22)14-27(32)34-16-21(31)15-26-28(3,4)24-8-6-7-9-25(24)30(26)5/h6-13,15H,14,16-17H2,1-5H3/b26-15+. The molecule has 0 spiro atoms. The van der Waals surface area contributed by atoms with Gasteiger partial charge in [-0.3, -0.25) is 9.59 Å². The molecule has 0 fully saturated rings. The summed E-state index contributed by atoms with van der Waals surface area (Å²) in [6.45, 7) is 7.96. The van der Waals surface area contributed by atoms with Crippen LogP contribution >= 0.6 is 0 Å². The second-order valence-corrected chi connectivity index (χ2v) is 9.27. The fourth-order valence-electron chi connectivity index (χ4n) is 4.39. The summed E-state index contributed by atoms with van der Waals surface area (Å²) in [5, 5.41) is 3.92. The predicted octanol–water partition coefficient (Wildman–Crippen LogP) is 4.84. The number of benzene rings is 2. The molecule has 0 amide bonds. The van der Waals surface area contributed by atoms with E-state index in [1.54, 1.807) is 30.3 Å². The first-order chi connectivity index (χ1) is 16.7. The smallest absolute Gasteiger partial charge is 0.310 e. The maximum absolute atomic E-state index is 12.6. The molecule has 0 unspecified atom stereocenters. The number of hydrogen-bond donors (Lipinski definition) is 0. The molecule has 1 aliphatic rings. The van der Waals surface area contributed by atoms with Crippen LogP contribution in [0.25, 0.3) is 0 Å². The van der Waals surface area contributed by atoms with Crippen molar-refractivity contribution in [2.24, 2.45) is 0 Å². The quantitative estimate of drug-likeness (QED) is 0.341. The summed E-state index contributed by atoms with van der Waals surface area (Å²) in [5.41, 5.74) is 5.32. The van der Waals surface area contributed by atoms with E-state index in [4.69, 9.17) is 14.0 Å². The minimum Gasteiger partial charge on any atom is -0.489 e. The summed E-state index contributed by atoms with van der Waals surface area (Å²) in [6.07, 6.45) is 1.66. The number of aryl methyl sites for hydroxylation is 2. The maximum atomic E-state index is 12.6. The minimum absolute atomic E-state index is 0.0742. The molecule has 0 bridgehead atoms. The van der Waals surface area contributed by atoms with E-state index < -0.39 is 5.97 Å². The molecule has 2 aromatic carbocycles. The van der Waals surface area contributed by atoms with Crippen LogP contribution in [0.5, 0.6) is 5.75 Å². The molecule has 35 heavy (non-hydrogen) atoms. The number of ketones is 1. The Labute approximate surface area is 205 Å². The molecule has 0 N–H and O–H groups in total. The van der Waals surface area contributed by atoms with E-state index in [1.807, 2.05) is 44.0 Å². The van der Waals surface area contributed by atoms with Crippen LogP contribution in [0.3, 0.4) is 0 Å². The lowest BCUT2D eigenvalue weighted by Crippen LogP contribution is -2.25. The zero-order valence-corrected chi connectivity index (χ0v) is 20.8. The Bertz CT molecular complexity index is 1250. The number of para-hydroxylation sites is 1. The number of allylic oxidation sites excluding steroid dienone is 1. The largest absolute Gasteiger partial charge is 0.489 e. The lowest BCUT2D eigenvalue weighted by atomic mass is 9.83. The van der Waals surface area contributed by atoms with Gasteiger partial charge >= 0.3 is 5.97 Å². The fourth-order valence-corrected chi connectivity index (χ4v) is 4.39. The van der Waals surface area contributed by atoms with Gasteiger partial charge in [0.1, 0.15) is 18.1 Å². The van der Waals surface area contributed by atoms with E-state index in [0.29, 0.717) is 12.4 Å². The van der Waals surface area contributed by atoms with Crippen LogP contribution in [-0.2, 0) is 32.8 Å². The molecular formula is C28H30N2O5. The third kappa shape index (κ3) is 5.14. The van der Waals surface area contributed by atoms with E-state index >= 15 is 0 Å². The van der Waals surface area contributed by atoms with E-state index in [9.17, 15) is 9.59 Å². The molecule has 0 saturated carbocycles. The minimum atomic E-state index is -0.455. The van der Waals surface area contributed by atoms with Gasteiger partial charge in [0.15, 0.2) is 12.4 Å². The van der Waals surface area contributed by atoms with Crippen LogP contribution < -0.4 is 9.64 Å². The van der Waals surface area contributed by atoms with Crippen molar-refractivity contribution in [3.8, 4) is 5.75 Å². The van der Waals surface area contributed by atoms with Crippen LogP contribution in [0, 0.1) is 13.8 Å².